The molecule has 0 radical (unpaired) electrons. The molecule has 3 aromatic carbocycles. The van der Waals surface area contributed by atoms with Gasteiger partial charge in [0.2, 0.25) is 29.7 Å². The van der Waals surface area contributed by atoms with E-state index < -0.39 is 53.1 Å². The third-order valence-corrected chi connectivity index (χ3v) is 15.2. The molecule has 2 atom stereocenters. The van der Waals surface area contributed by atoms with Crippen LogP contribution in [0.25, 0.3) is 0 Å². The summed E-state index contributed by atoms with van der Waals surface area (Å²) in [4.78, 5) is 24.6. The molecule has 2 aromatic heterocycles. The number of hydrogen-bond acceptors (Lipinski definition) is 12. The van der Waals surface area contributed by atoms with Crippen LogP contribution in [-0.4, -0.2) is 90.3 Å². The monoisotopic (exact) mass is 913 g/mol. The van der Waals surface area contributed by atoms with Crippen molar-refractivity contribution < 1.29 is 48.7 Å². The van der Waals surface area contributed by atoms with Crippen molar-refractivity contribution in [3.8, 4) is 5.75 Å². The highest BCUT2D eigenvalue weighted by atomic mass is 32.2. The van der Waals surface area contributed by atoms with Crippen LogP contribution in [0, 0.1) is 23.5 Å². The maximum absolute atomic E-state index is 15.4. The van der Waals surface area contributed by atoms with Gasteiger partial charge < -0.3 is 20.3 Å². The predicted molar refractivity (Wildman–Crippen MR) is 225 cm³/mol. The van der Waals surface area contributed by atoms with Crippen LogP contribution >= 0.6 is 0 Å². The first-order valence-corrected chi connectivity index (χ1v) is 22.8. The highest BCUT2D eigenvalue weighted by Crippen LogP contribution is 2.40. The first-order chi connectivity index (χ1) is 29.9. The summed E-state index contributed by atoms with van der Waals surface area (Å²) in [7, 11) is -8.58. The Labute approximate surface area is 363 Å². The summed E-state index contributed by atoms with van der Waals surface area (Å²) in [6, 6.07) is 20.8. The fraction of sp³-hybridized carbons (Fsp3) is 0.349. The summed E-state index contributed by atoms with van der Waals surface area (Å²) in [6.45, 7) is 3.70. The molecule has 0 spiro atoms. The Bertz CT molecular complexity index is 2450. The normalized spacial score (nSPS) is 16.7. The number of esters is 1. The van der Waals surface area contributed by atoms with Crippen molar-refractivity contribution >= 4 is 37.4 Å². The Morgan fingerprint density at radius 1 is 0.714 bits per heavy atom. The maximum atomic E-state index is 15.4. The van der Waals surface area contributed by atoms with E-state index in [0.717, 1.165) is 43.7 Å². The van der Waals surface area contributed by atoms with Crippen molar-refractivity contribution in [3.63, 3.8) is 0 Å². The number of alkyl halides is 2. The first-order valence-electron chi connectivity index (χ1n) is 19.8. The van der Waals surface area contributed by atoms with Crippen LogP contribution in [0.15, 0.2) is 126 Å². The smallest absolute Gasteiger partial charge is 0.321 e. The van der Waals surface area contributed by atoms with E-state index in [1.165, 1.54) is 41.6 Å². The molecule has 2 amide bonds. The zero-order valence-electron chi connectivity index (χ0n) is 34.4. The third-order valence-electron chi connectivity index (χ3n) is 10.6. The van der Waals surface area contributed by atoms with Gasteiger partial charge in [0.05, 0.1) is 40.5 Å². The van der Waals surface area contributed by atoms with E-state index >= 15 is 4.39 Å². The molecule has 2 unspecified atom stereocenters. The number of para-hydroxylation sites is 1. The van der Waals surface area contributed by atoms with Crippen molar-refractivity contribution in [2.45, 2.75) is 65.7 Å². The van der Waals surface area contributed by atoms with Crippen LogP contribution in [-0.2, 0) is 30.9 Å². The molecule has 2 aliphatic rings. The lowest BCUT2D eigenvalue weighted by atomic mass is 9.92. The summed E-state index contributed by atoms with van der Waals surface area (Å²) < 4.78 is 112. The van der Waals surface area contributed by atoms with Crippen molar-refractivity contribution in [2.75, 3.05) is 31.5 Å². The van der Waals surface area contributed by atoms with Gasteiger partial charge in [0.25, 0.3) is 0 Å². The van der Waals surface area contributed by atoms with Gasteiger partial charge in [0, 0.05) is 31.1 Å². The predicted octanol–water partition coefficient (Wildman–Crippen LogP) is 6.93. The van der Waals surface area contributed by atoms with Crippen LogP contribution in [0.3, 0.4) is 0 Å². The number of urea groups is 1. The zero-order valence-corrected chi connectivity index (χ0v) is 36.0. The minimum absolute atomic E-state index is 0.170. The van der Waals surface area contributed by atoms with Crippen LogP contribution in [0.2, 0.25) is 0 Å². The van der Waals surface area contributed by atoms with Crippen LogP contribution in [0.5, 0.6) is 5.75 Å². The molecule has 0 bridgehead atoms. The molecule has 7 rings (SSSR count). The molecule has 0 aliphatic carbocycles. The Kier molecular flexibility index (Phi) is 16.4. The molecule has 5 aromatic rings. The number of hydrogen-bond donors (Lipinski definition) is 2. The average Bonchev–Trinajstić information content (AvgIpc) is 3.28. The minimum atomic E-state index is -4.39. The van der Waals surface area contributed by atoms with Gasteiger partial charge in [0.15, 0.2) is 0 Å². The summed E-state index contributed by atoms with van der Waals surface area (Å²) in [6.07, 6.45) is 7.39. The summed E-state index contributed by atoms with van der Waals surface area (Å²) in [5.41, 5.74) is 1.27. The Morgan fingerprint density at radius 3 is 1.73 bits per heavy atom. The fourth-order valence-electron chi connectivity index (χ4n) is 6.92. The number of sulfone groups is 2. The van der Waals surface area contributed by atoms with Gasteiger partial charge in [0.1, 0.15) is 17.4 Å². The largest absolute Gasteiger partial charge is 0.426 e. The number of benzene rings is 3. The van der Waals surface area contributed by atoms with Crippen molar-refractivity contribution in [3.05, 3.63) is 133 Å². The van der Waals surface area contributed by atoms with Crippen molar-refractivity contribution in [1.29, 1.82) is 0 Å². The van der Waals surface area contributed by atoms with Gasteiger partial charge in [-0.15, -0.1) is 0 Å². The van der Waals surface area contributed by atoms with E-state index in [-0.39, 0.29) is 54.1 Å². The van der Waals surface area contributed by atoms with Gasteiger partial charge in [-0.25, -0.2) is 39.2 Å². The van der Waals surface area contributed by atoms with Gasteiger partial charge in [-0.05, 0) is 119 Å². The molecule has 2 N–H and O–H groups in total. The summed E-state index contributed by atoms with van der Waals surface area (Å²) in [5.74, 6) is -2.56. The average molecular weight is 914 g/mol. The molecule has 4 heterocycles. The van der Waals surface area contributed by atoms with Crippen LogP contribution in [0.4, 0.5) is 28.0 Å². The number of anilines is 1. The van der Waals surface area contributed by atoms with Gasteiger partial charge in [-0.3, -0.25) is 4.79 Å². The molecule has 20 heteroatoms. The van der Waals surface area contributed by atoms with E-state index in [2.05, 4.69) is 31.0 Å². The summed E-state index contributed by atoms with van der Waals surface area (Å²) in [5, 5.41) is 15.4. The SMILES string of the molecule is CC(F)(C1CCN(C(=O)Nc2ccnnc2)CC1)S(=O)(=O)c1cccc(F)c1.CC(F)(C1CCNCC1)S(=O)(=O)c1cccc(F)c1.O=C(Cc1ccnnc1)Oc1ccccc1. The van der Waals surface area contributed by atoms with E-state index in [1.54, 1.807) is 36.7 Å². The minimum Gasteiger partial charge on any atom is -0.426 e. The molecule has 0 saturated carbocycles. The number of amides is 2. The Balaban J connectivity index is 0.000000187. The first kappa shape index (κ1) is 48.2. The third kappa shape index (κ3) is 12.6. The number of nitrogens with one attached hydrogen (secondary N) is 2. The molecule has 2 saturated heterocycles. The highest BCUT2D eigenvalue weighted by Gasteiger charge is 2.49. The lowest BCUT2D eigenvalue weighted by Gasteiger charge is -2.37. The molecular formula is C43H47F4N7O7S2. The lowest BCUT2D eigenvalue weighted by molar-refractivity contribution is -0.133. The highest BCUT2D eigenvalue weighted by molar-refractivity contribution is 7.93. The Hall–Kier alpha value is -5.86. The van der Waals surface area contributed by atoms with E-state index in [4.69, 9.17) is 4.74 Å². The number of piperidine rings is 2. The molecule has 336 valence electrons. The Morgan fingerprint density at radius 2 is 1.24 bits per heavy atom. The number of likely N-dealkylation sites (tertiary alicyclic amines) is 1. The van der Waals surface area contributed by atoms with E-state index in [9.17, 15) is 39.6 Å². The van der Waals surface area contributed by atoms with Crippen molar-refractivity contribution in [1.82, 2.24) is 30.6 Å². The van der Waals surface area contributed by atoms with Gasteiger partial charge >= 0.3 is 12.0 Å². The van der Waals surface area contributed by atoms with Gasteiger partial charge in [-0.1, -0.05) is 30.3 Å². The zero-order chi connectivity index (χ0) is 45.7. The molecule has 63 heavy (non-hydrogen) atoms. The second-order valence-corrected chi connectivity index (χ2v) is 19.5. The van der Waals surface area contributed by atoms with E-state index in [1.807, 2.05) is 18.2 Å². The molecule has 2 aliphatic heterocycles. The standard InChI is InChI=1S/C18H20F2N4O3S.C13H17F2NO2S.C12H10N2O2/c1-18(20,28(26,27)16-4-2-3-14(19)11-16)13-6-9-24(10-7-13)17(25)23-15-5-8-21-22-12-15;1-13(15,10-5-7-16-8-6-10)19(17,18)12-4-2-3-11(14)9-12;15-12(8-10-6-7-13-14-9-10)16-11-4-2-1-3-5-11/h2-5,8,11-13H,6-7,9-10H2,1H3,(H,21,23,25);2-4,9-10,16H,5-8H2,1H3;1-7,9H,8H2. The number of aromatic nitrogens is 4. The van der Waals surface area contributed by atoms with Gasteiger partial charge in [-0.2, -0.15) is 20.4 Å². The summed E-state index contributed by atoms with van der Waals surface area (Å²) >= 11 is 0. The second kappa shape index (κ2) is 21.5. The van der Waals surface area contributed by atoms with Crippen LogP contribution < -0.4 is 15.4 Å². The second-order valence-electron chi connectivity index (χ2n) is 15.0. The quantitative estimate of drug-likeness (QED) is 0.0836. The van der Waals surface area contributed by atoms with Crippen LogP contribution in [0.1, 0.15) is 45.1 Å². The number of carbonyl (C=O) groups excluding carboxylic acids is 2. The number of ether oxygens (including phenoxy) is 1. The molecular weight excluding hydrogens is 867 g/mol. The fourth-order valence-corrected chi connectivity index (χ4v) is 10.2. The number of nitrogens with zero attached hydrogens (tertiary/aromatic N) is 5. The van der Waals surface area contributed by atoms with Crippen molar-refractivity contribution in [2.24, 2.45) is 11.8 Å². The molecule has 14 nitrogen and oxygen atoms in total. The number of rotatable bonds is 10. The number of carbonyl (C=O) groups is 2. The topological polar surface area (TPSA) is 191 Å². The lowest BCUT2D eigenvalue weighted by Crippen LogP contribution is -2.48. The van der Waals surface area contributed by atoms with E-state index in [0.29, 0.717) is 37.4 Å². The molecule has 2 fully saturated rings. The maximum Gasteiger partial charge on any atom is 0.321 e. The number of halogens is 4.